The lowest BCUT2D eigenvalue weighted by molar-refractivity contribution is 0.297. The topological polar surface area (TPSA) is 83.2 Å². The van der Waals surface area contributed by atoms with E-state index in [2.05, 4.69) is 15.2 Å². The molecule has 0 atom stereocenters. The lowest BCUT2D eigenvalue weighted by Gasteiger charge is -2.09. The number of nitrogens with two attached hydrogens (primary N) is 1. The van der Waals surface area contributed by atoms with Gasteiger partial charge < -0.3 is 15.2 Å². The van der Waals surface area contributed by atoms with E-state index < -0.39 is 0 Å². The zero-order valence-electron chi connectivity index (χ0n) is 10.6. The van der Waals surface area contributed by atoms with Crippen molar-refractivity contribution in [1.29, 1.82) is 0 Å². The van der Waals surface area contributed by atoms with Gasteiger partial charge in [-0.3, -0.25) is 0 Å². The second kappa shape index (κ2) is 4.72. The van der Waals surface area contributed by atoms with Crippen molar-refractivity contribution in [1.82, 2.24) is 15.2 Å². The third-order valence-electron chi connectivity index (χ3n) is 2.84. The first-order valence-electron chi connectivity index (χ1n) is 6.11. The van der Waals surface area contributed by atoms with Crippen LogP contribution >= 0.6 is 0 Å². The van der Waals surface area contributed by atoms with Crippen molar-refractivity contribution in [3.63, 3.8) is 0 Å². The summed E-state index contributed by atoms with van der Waals surface area (Å²) < 4.78 is 11.2. The predicted octanol–water partition coefficient (Wildman–Crippen LogP) is 1.59. The van der Waals surface area contributed by atoms with Gasteiger partial charge in [-0.05, 0) is 25.1 Å². The molecule has 0 saturated heterocycles. The Morgan fingerprint density at radius 2 is 1.89 bits per heavy atom. The molecular weight excluding hydrogens is 244 g/mol. The van der Waals surface area contributed by atoms with Crippen molar-refractivity contribution >= 4 is 5.82 Å². The lowest BCUT2D eigenvalue weighted by atomic mass is 10.1. The quantitative estimate of drug-likeness (QED) is 0.836. The third kappa shape index (κ3) is 2.29. The molecule has 1 aromatic heterocycles. The zero-order valence-corrected chi connectivity index (χ0v) is 10.6. The molecule has 1 aromatic carbocycles. The second-order valence-corrected chi connectivity index (χ2v) is 4.30. The average molecular weight is 258 g/mol. The van der Waals surface area contributed by atoms with E-state index >= 15 is 0 Å². The first-order valence-corrected chi connectivity index (χ1v) is 6.11. The Morgan fingerprint density at radius 1 is 1.11 bits per heavy atom. The van der Waals surface area contributed by atoms with E-state index in [1.165, 1.54) is 0 Å². The lowest BCUT2D eigenvalue weighted by Crippen LogP contribution is -2.02. The maximum atomic E-state index is 5.87. The van der Waals surface area contributed by atoms with Crippen molar-refractivity contribution in [2.75, 3.05) is 18.9 Å². The highest BCUT2D eigenvalue weighted by Gasteiger charge is 2.14. The number of fused-ring (bicyclic) bond motifs is 1. The van der Waals surface area contributed by atoms with Gasteiger partial charge >= 0.3 is 0 Å². The summed E-state index contributed by atoms with van der Waals surface area (Å²) in [6.07, 6.45) is 0.873. The Hall–Kier alpha value is -2.37. The molecule has 1 aliphatic rings. The molecule has 19 heavy (non-hydrogen) atoms. The Balaban J connectivity index is 2.03. The Labute approximate surface area is 110 Å². The van der Waals surface area contributed by atoms with E-state index in [0.29, 0.717) is 36.3 Å². The molecule has 2 heterocycles. The average Bonchev–Trinajstić information content (AvgIpc) is 2.63. The number of hydrogen-bond donors (Lipinski definition) is 1. The largest absolute Gasteiger partial charge is 0.490 e. The molecule has 98 valence electrons. The molecule has 0 unspecified atom stereocenters. The maximum Gasteiger partial charge on any atom is 0.161 e. The van der Waals surface area contributed by atoms with Crippen LogP contribution in [0.1, 0.15) is 12.2 Å². The Bertz CT molecular complexity index is 616. The van der Waals surface area contributed by atoms with Crippen LogP contribution in [0, 0.1) is 6.92 Å². The minimum Gasteiger partial charge on any atom is -0.490 e. The number of benzene rings is 1. The van der Waals surface area contributed by atoms with Gasteiger partial charge in [-0.2, -0.15) is 0 Å². The van der Waals surface area contributed by atoms with Crippen molar-refractivity contribution < 1.29 is 9.47 Å². The zero-order chi connectivity index (χ0) is 13.2. The minimum atomic E-state index is 0.363. The number of nitrogens with zero attached hydrogens (tertiary/aromatic N) is 3. The highest BCUT2D eigenvalue weighted by atomic mass is 16.5. The first-order chi connectivity index (χ1) is 9.24. The summed E-state index contributed by atoms with van der Waals surface area (Å²) in [6, 6.07) is 5.60. The Kier molecular flexibility index (Phi) is 2.91. The summed E-state index contributed by atoms with van der Waals surface area (Å²) >= 11 is 0. The van der Waals surface area contributed by atoms with Crippen LogP contribution < -0.4 is 15.2 Å². The molecule has 0 bridgehead atoms. The fraction of sp³-hybridized carbons (Fsp3) is 0.308. The number of rotatable bonds is 1. The van der Waals surface area contributed by atoms with Crippen molar-refractivity contribution in [3.05, 3.63) is 24.0 Å². The standard InChI is InChI=1S/C13H14N4O2/c1-8-15-13(14)12(17-16-8)9-3-4-10-11(7-9)19-6-2-5-18-10/h3-4,7H,2,5-6H2,1H3,(H2,14,15,16). The molecule has 1 aliphatic heterocycles. The van der Waals surface area contributed by atoms with Gasteiger partial charge in [0.25, 0.3) is 0 Å². The molecule has 0 radical (unpaired) electrons. The molecule has 0 saturated carbocycles. The molecule has 6 heteroatoms. The summed E-state index contributed by atoms with van der Waals surface area (Å²) in [5, 5.41) is 8.02. The molecule has 6 nitrogen and oxygen atoms in total. The van der Waals surface area contributed by atoms with Gasteiger partial charge in [0.15, 0.2) is 17.3 Å². The van der Waals surface area contributed by atoms with E-state index in [-0.39, 0.29) is 0 Å². The summed E-state index contributed by atoms with van der Waals surface area (Å²) in [5.41, 5.74) is 7.25. The van der Waals surface area contributed by atoms with Crippen molar-refractivity contribution in [3.8, 4) is 22.8 Å². The van der Waals surface area contributed by atoms with Gasteiger partial charge in [-0.15, -0.1) is 10.2 Å². The monoisotopic (exact) mass is 258 g/mol. The van der Waals surface area contributed by atoms with Crippen LogP contribution in [0.3, 0.4) is 0 Å². The van der Waals surface area contributed by atoms with Crippen LogP contribution in [-0.2, 0) is 0 Å². The van der Waals surface area contributed by atoms with Crippen LogP contribution in [0.4, 0.5) is 5.82 Å². The molecular formula is C13H14N4O2. The summed E-state index contributed by atoms with van der Waals surface area (Å²) in [7, 11) is 0. The highest BCUT2D eigenvalue weighted by molar-refractivity contribution is 5.71. The number of nitrogen functional groups attached to an aromatic ring is 1. The normalized spacial score (nSPS) is 13.9. The molecule has 0 amide bonds. The smallest absolute Gasteiger partial charge is 0.161 e. The van der Waals surface area contributed by atoms with Gasteiger partial charge in [0, 0.05) is 12.0 Å². The first kappa shape index (κ1) is 11.7. The molecule has 2 N–H and O–H groups in total. The number of hydrogen-bond acceptors (Lipinski definition) is 6. The predicted molar refractivity (Wildman–Crippen MR) is 70.0 cm³/mol. The highest BCUT2D eigenvalue weighted by Crippen LogP contribution is 2.34. The summed E-state index contributed by atoms with van der Waals surface area (Å²) in [6.45, 7) is 3.06. The SMILES string of the molecule is Cc1nnc(-c2ccc3c(c2)OCCCO3)c(N)n1. The van der Waals surface area contributed by atoms with Crippen LogP contribution in [0.25, 0.3) is 11.3 Å². The Morgan fingerprint density at radius 3 is 2.68 bits per heavy atom. The van der Waals surface area contributed by atoms with Gasteiger partial charge in [0.05, 0.1) is 13.2 Å². The minimum absolute atomic E-state index is 0.363. The van der Waals surface area contributed by atoms with Gasteiger partial charge in [0.1, 0.15) is 11.5 Å². The van der Waals surface area contributed by atoms with Crippen molar-refractivity contribution in [2.45, 2.75) is 13.3 Å². The summed E-state index contributed by atoms with van der Waals surface area (Å²) in [5.74, 6) is 2.36. The molecule has 0 spiro atoms. The maximum absolute atomic E-state index is 5.87. The molecule has 0 fully saturated rings. The van der Waals surface area contributed by atoms with E-state index in [1.54, 1.807) is 6.92 Å². The summed E-state index contributed by atoms with van der Waals surface area (Å²) in [4.78, 5) is 4.11. The van der Waals surface area contributed by atoms with Gasteiger partial charge in [-0.25, -0.2) is 4.98 Å². The number of anilines is 1. The number of aryl methyl sites for hydroxylation is 1. The van der Waals surface area contributed by atoms with Crippen LogP contribution in [-0.4, -0.2) is 28.4 Å². The number of ether oxygens (including phenoxy) is 2. The van der Waals surface area contributed by atoms with Gasteiger partial charge in [0.2, 0.25) is 0 Å². The van der Waals surface area contributed by atoms with E-state index in [1.807, 2.05) is 18.2 Å². The van der Waals surface area contributed by atoms with Crippen molar-refractivity contribution in [2.24, 2.45) is 0 Å². The second-order valence-electron chi connectivity index (χ2n) is 4.30. The fourth-order valence-electron chi connectivity index (χ4n) is 1.94. The molecule has 0 aliphatic carbocycles. The molecule has 2 aromatic rings. The van der Waals surface area contributed by atoms with Crippen LogP contribution in [0.2, 0.25) is 0 Å². The third-order valence-corrected chi connectivity index (χ3v) is 2.84. The van der Waals surface area contributed by atoms with E-state index in [9.17, 15) is 0 Å². The van der Waals surface area contributed by atoms with Crippen LogP contribution in [0.5, 0.6) is 11.5 Å². The van der Waals surface area contributed by atoms with Crippen LogP contribution in [0.15, 0.2) is 18.2 Å². The molecule has 3 rings (SSSR count). The fourth-order valence-corrected chi connectivity index (χ4v) is 1.94. The van der Waals surface area contributed by atoms with E-state index in [0.717, 1.165) is 17.7 Å². The number of aromatic nitrogens is 3. The van der Waals surface area contributed by atoms with E-state index in [4.69, 9.17) is 15.2 Å². The van der Waals surface area contributed by atoms with Gasteiger partial charge in [-0.1, -0.05) is 0 Å².